The van der Waals surface area contributed by atoms with Crippen molar-refractivity contribution in [3.63, 3.8) is 0 Å². The number of hydrogen-bond acceptors (Lipinski definition) is 3. The molecule has 18 heavy (non-hydrogen) atoms. The Balaban J connectivity index is 0.000000771. The molecular formula is C14H19NO2S. The molecule has 1 aromatic rings. The predicted molar refractivity (Wildman–Crippen MR) is 74.2 cm³/mol. The van der Waals surface area contributed by atoms with E-state index in [9.17, 15) is 9.59 Å². The molecule has 0 radical (unpaired) electrons. The van der Waals surface area contributed by atoms with Crippen LogP contribution >= 0.6 is 11.9 Å². The van der Waals surface area contributed by atoms with Crippen LogP contribution in [0.3, 0.4) is 0 Å². The summed E-state index contributed by atoms with van der Waals surface area (Å²) in [5.41, 5.74) is 2.38. The van der Waals surface area contributed by atoms with Crippen LogP contribution in [0.1, 0.15) is 37.8 Å². The second kappa shape index (κ2) is 6.59. The second-order valence-corrected chi connectivity index (χ2v) is 4.94. The Morgan fingerprint density at radius 1 is 1.00 bits per heavy atom. The molecule has 98 valence electrons. The third-order valence-corrected chi connectivity index (χ3v) is 3.74. The summed E-state index contributed by atoms with van der Waals surface area (Å²) in [4.78, 5) is 23.8. The molecule has 3 nitrogen and oxygen atoms in total. The number of hydrogen-bond donors (Lipinski definition) is 0. The van der Waals surface area contributed by atoms with E-state index in [-0.39, 0.29) is 11.8 Å². The average Bonchev–Trinajstić information content (AvgIpc) is 2.68. The predicted octanol–water partition coefficient (Wildman–Crippen LogP) is 3.49. The standard InChI is InChI=1S/C12H13NO2S.C2H6/c1-8-3-4-10(7-9(8)2)16-13-11(14)5-6-12(13)15;1-2/h3-4,7H,5-6H2,1-2H3;1-2H3. The molecular weight excluding hydrogens is 246 g/mol. The van der Waals surface area contributed by atoms with Gasteiger partial charge in [0.15, 0.2) is 0 Å². The van der Waals surface area contributed by atoms with Crippen molar-refractivity contribution < 1.29 is 9.59 Å². The molecule has 1 aliphatic heterocycles. The summed E-state index contributed by atoms with van der Waals surface area (Å²) < 4.78 is 1.27. The van der Waals surface area contributed by atoms with Crippen molar-refractivity contribution in [3.8, 4) is 0 Å². The first-order valence-corrected chi connectivity index (χ1v) is 6.96. The van der Waals surface area contributed by atoms with Crippen LogP contribution in [0, 0.1) is 13.8 Å². The first kappa shape index (κ1) is 14.8. The van der Waals surface area contributed by atoms with Gasteiger partial charge in [0, 0.05) is 17.7 Å². The number of rotatable bonds is 2. The molecule has 0 aromatic heterocycles. The highest BCUT2D eigenvalue weighted by atomic mass is 32.2. The largest absolute Gasteiger partial charge is 0.273 e. The fraction of sp³-hybridized carbons (Fsp3) is 0.429. The van der Waals surface area contributed by atoms with E-state index in [2.05, 4.69) is 0 Å². The van der Waals surface area contributed by atoms with E-state index in [1.807, 2.05) is 45.9 Å². The van der Waals surface area contributed by atoms with Gasteiger partial charge in [-0.1, -0.05) is 19.9 Å². The Morgan fingerprint density at radius 3 is 2.06 bits per heavy atom. The Morgan fingerprint density at radius 2 is 1.56 bits per heavy atom. The topological polar surface area (TPSA) is 37.4 Å². The summed E-state index contributed by atoms with van der Waals surface area (Å²) in [6.45, 7) is 8.06. The maximum Gasteiger partial charge on any atom is 0.240 e. The van der Waals surface area contributed by atoms with E-state index >= 15 is 0 Å². The molecule has 4 heteroatoms. The van der Waals surface area contributed by atoms with Crippen LogP contribution in [-0.4, -0.2) is 16.1 Å². The smallest absolute Gasteiger partial charge is 0.240 e. The lowest BCUT2D eigenvalue weighted by molar-refractivity contribution is -0.131. The van der Waals surface area contributed by atoms with E-state index < -0.39 is 0 Å². The average molecular weight is 265 g/mol. The van der Waals surface area contributed by atoms with Crippen LogP contribution in [0.15, 0.2) is 23.1 Å². The molecule has 0 unspecified atom stereocenters. The Labute approximate surface area is 113 Å². The number of aryl methyl sites for hydroxylation is 2. The Bertz CT molecular complexity index is 441. The SMILES string of the molecule is CC.Cc1ccc(SN2C(=O)CCC2=O)cc1C. The summed E-state index contributed by atoms with van der Waals surface area (Å²) >= 11 is 1.22. The minimum atomic E-state index is -0.0896. The minimum absolute atomic E-state index is 0.0896. The monoisotopic (exact) mass is 265 g/mol. The van der Waals surface area contributed by atoms with E-state index in [4.69, 9.17) is 0 Å². The summed E-state index contributed by atoms with van der Waals surface area (Å²) in [7, 11) is 0. The van der Waals surface area contributed by atoms with Crippen molar-refractivity contribution in [1.82, 2.24) is 4.31 Å². The number of carbonyl (C=O) groups is 2. The molecule has 2 rings (SSSR count). The molecule has 2 amide bonds. The van der Waals surface area contributed by atoms with E-state index in [0.29, 0.717) is 12.8 Å². The van der Waals surface area contributed by atoms with Gasteiger partial charge >= 0.3 is 0 Å². The number of carbonyl (C=O) groups excluding carboxylic acids is 2. The summed E-state index contributed by atoms with van der Waals surface area (Å²) in [5, 5.41) is 0. The second-order valence-electron chi connectivity index (χ2n) is 3.92. The number of nitrogens with zero attached hydrogens (tertiary/aromatic N) is 1. The lowest BCUT2D eigenvalue weighted by Gasteiger charge is -2.12. The lowest BCUT2D eigenvalue weighted by Crippen LogP contribution is -2.20. The van der Waals surface area contributed by atoms with E-state index in [1.165, 1.54) is 27.4 Å². The minimum Gasteiger partial charge on any atom is -0.273 e. The third-order valence-electron chi connectivity index (χ3n) is 2.68. The third kappa shape index (κ3) is 3.35. The summed E-state index contributed by atoms with van der Waals surface area (Å²) in [6.07, 6.45) is 0.688. The van der Waals surface area contributed by atoms with Crippen LogP contribution < -0.4 is 0 Å². The van der Waals surface area contributed by atoms with Gasteiger partial charge in [0.1, 0.15) is 0 Å². The van der Waals surface area contributed by atoms with Gasteiger partial charge in [-0.25, -0.2) is 4.31 Å². The van der Waals surface area contributed by atoms with Gasteiger partial charge in [0.05, 0.1) is 0 Å². The number of amides is 2. The van der Waals surface area contributed by atoms with Gasteiger partial charge in [0.2, 0.25) is 11.8 Å². The van der Waals surface area contributed by atoms with E-state index in [0.717, 1.165) is 4.90 Å². The van der Waals surface area contributed by atoms with Crippen molar-refractivity contribution in [2.75, 3.05) is 0 Å². The number of benzene rings is 1. The van der Waals surface area contributed by atoms with Crippen molar-refractivity contribution in [3.05, 3.63) is 29.3 Å². The molecule has 0 bridgehead atoms. The fourth-order valence-corrected chi connectivity index (χ4v) is 2.49. The summed E-state index contributed by atoms with van der Waals surface area (Å²) in [6, 6.07) is 5.94. The lowest BCUT2D eigenvalue weighted by atomic mass is 10.1. The highest BCUT2D eigenvalue weighted by Gasteiger charge is 2.29. The van der Waals surface area contributed by atoms with Gasteiger partial charge in [0.25, 0.3) is 0 Å². The summed E-state index contributed by atoms with van der Waals surface area (Å²) in [5.74, 6) is -0.179. The van der Waals surface area contributed by atoms with Gasteiger partial charge in [-0.15, -0.1) is 0 Å². The highest BCUT2D eigenvalue weighted by Crippen LogP contribution is 2.29. The first-order valence-electron chi connectivity index (χ1n) is 6.19. The number of imide groups is 1. The molecule has 1 heterocycles. The highest BCUT2D eigenvalue weighted by molar-refractivity contribution is 7.98. The molecule has 1 aliphatic rings. The molecule has 1 saturated heterocycles. The van der Waals surface area contributed by atoms with Crippen LogP contribution in [0.5, 0.6) is 0 Å². The van der Waals surface area contributed by atoms with Crippen molar-refractivity contribution in [2.45, 2.75) is 45.4 Å². The van der Waals surface area contributed by atoms with Gasteiger partial charge in [-0.3, -0.25) is 9.59 Å². The maximum absolute atomic E-state index is 11.4. The van der Waals surface area contributed by atoms with Crippen molar-refractivity contribution in [2.24, 2.45) is 0 Å². The normalized spacial score (nSPS) is 14.6. The molecule has 0 saturated carbocycles. The van der Waals surface area contributed by atoms with Crippen LogP contribution in [0.2, 0.25) is 0 Å². The van der Waals surface area contributed by atoms with Gasteiger partial charge in [-0.05, 0) is 49.1 Å². The quantitative estimate of drug-likeness (QED) is 0.607. The van der Waals surface area contributed by atoms with Crippen LogP contribution in [-0.2, 0) is 9.59 Å². The van der Waals surface area contributed by atoms with Crippen molar-refractivity contribution >= 4 is 23.8 Å². The maximum atomic E-state index is 11.4. The zero-order chi connectivity index (χ0) is 13.7. The Hall–Kier alpha value is -1.29. The molecule has 1 fully saturated rings. The molecule has 0 aliphatic carbocycles. The van der Waals surface area contributed by atoms with Gasteiger partial charge in [-0.2, -0.15) is 0 Å². The Kier molecular flexibility index (Phi) is 5.41. The van der Waals surface area contributed by atoms with Gasteiger partial charge < -0.3 is 0 Å². The molecule has 0 spiro atoms. The first-order chi connectivity index (χ1) is 8.58. The van der Waals surface area contributed by atoms with Crippen molar-refractivity contribution in [1.29, 1.82) is 0 Å². The van der Waals surface area contributed by atoms with E-state index in [1.54, 1.807) is 0 Å². The molecule has 1 aromatic carbocycles. The van der Waals surface area contributed by atoms with Crippen LogP contribution in [0.4, 0.5) is 0 Å². The van der Waals surface area contributed by atoms with Crippen LogP contribution in [0.25, 0.3) is 0 Å². The molecule has 0 atom stereocenters. The zero-order valence-electron chi connectivity index (χ0n) is 11.3. The fourth-order valence-electron chi connectivity index (χ4n) is 1.53. The molecule has 0 N–H and O–H groups in total. The zero-order valence-corrected chi connectivity index (χ0v) is 12.1.